The van der Waals surface area contributed by atoms with Crippen LogP contribution in [-0.2, 0) is 0 Å². The van der Waals surface area contributed by atoms with E-state index in [2.05, 4.69) is 9.97 Å². The molecule has 3 aromatic rings. The summed E-state index contributed by atoms with van der Waals surface area (Å²) in [5.74, 6) is 0.398. The van der Waals surface area contributed by atoms with Gasteiger partial charge in [-0.3, -0.25) is 0 Å². The molecular weight excluding hydrogens is 275 g/mol. The van der Waals surface area contributed by atoms with Crippen molar-refractivity contribution in [2.75, 3.05) is 0 Å². The summed E-state index contributed by atoms with van der Waals surface area (Å²) >= 11 is 5.28. The molecule has 3 rings (SSSR count). The summed E-state index contributed by atoms with van der Waals surface area (Å²) in [5, 5.41) is 0.728. The van der Waals surface area contributed by atoms with Crippen LogP contribution in [0.4, 0.5) is 4.39 Å². The third-order valence-electron chi connectivity index (χ3n) is 3.21. The lowest BCUT2D eigenvalue weighted by atomic mass is 10.0. The predicted octanol–water partition coefficient (Wildman–Crippen LogP) is 4.81. The van der Waals surface area contributed by atoms with Crippen molar-refractivity contribution < 1.29 is 8.81 Å². The molecule has 0 atom stereocenters. The SMILES string of the molecule is CC(C)c1c(-c2cc3cccc(F)c3o2)[nH]cnc1=S. The second-order valence-corrected chi connectivity index (χ2v) is 5.31. The van der Waals surface area contributed by atoms with Crippen molar-refractivity contribution in [3.8, 4) is 11.5 Å². The minimum Gasteiger partial charge on any atom is -0.451 e. The lowest BCUT2D eigenvalue weighted by molar-refractivity contribution is 0.566. The molecule has 0 saturated carbocycles. The van der Waals surface area contributed by atoms with Crippen LogP contribution in [0.3, 0.4) is 0 Å². The number of rotatable bonds is 2. The van der Waals surface area contributed by atoms with E-state index in [1.54, 1.807) is 6.07 Å². The highest BCUT2D eigenvalue weighted by atomic mass is 32.1. The molecule has 2 aromatic heterocycles. The maximum atomic E-state index is 13.7. The summed E-state index contributed by atoms with van der Waals surface area (Å²) in [6.07, 6.45) is 1.53. The Morgan fingerprint density at radius 2 is 2.15 bits per heavy atom. The van der Waals surface area contributed by atoms with Gasteiger partial charge in [0, 0.05) is 10.9 Å². The molecule has 0 aliphatic carbocycles. The highest BCUT2D eigenvalue weighted by Crippen LogP contribution is 2.32. The predicted molar refractivity (Wildman–Crippen MR) is 78.7 cm³/mol. The molecule has 0 unspecified atom stereocenters. The summed E-state index contributed by atoms with van der Waals surface area (Å²) in [6.45, 7) is 4.07. The number of hydrogen-bond donors (Lipinski definition) is 1. The molecule has 0 spiro atoms. The topological polar surface area (TPSA) is 41.8 Å². The van der Waals surface area contributed by atoms with Crippen molar-refractivity contribution in [2.24, 2.45) is 0 Å². The van der Waals surface area contributed by atoms with Gasteiger partial charge in [0.15, 0.2) is 17.2 Å². The van der Waals surface area contributed by atoms with E-state index in [9.17, 15) is 4.39 Å². The first-order valence-corrected chi connectivity index (χ1v) is 6.74. The molecule has 0 bridgehead atoms. The van der Waals surface area contributed by atoms with Gasteiger partial charge in [-0.15, -0.1) is 0 Å². The van der Waals surface area contributed by atoms with Gasteiger partial charge in [-0.2, -0.15) is 0 Å². The molecule has 102 valence electrons. The number of halogens is 1. The van der Waals surface area contributed by atoms with Crippen LogP contribution in [0, 0.1) is 10.5 Å². The second-order valence-electron chi connectivity index (χ2n) is 4.92. The Labute approximate surface area is 120 Å². The first-order chi connectivity index (χ1) is 9.58. The van der Waals surface area contributed by atoms with Crippen LogP contribution in [-0.4, -0.2) is 9.97 Å². The van der Waals surface area contributed by atoms with E-state index in [4.69, 9.17) is 16.6 Å². The van der Waals surface area contributed by atoms with Crippen molar-refractivity contribution in [2.45, 2.75) is 19.8 Å². The highest BCUT2D eigenvalue weighted by Gasteiger charge is 2.16. The zero-order chi connectivity index (χ0) is 14.3. The van der Waals surface area contributed by atoms with E-state index >= 15 is 0 Å². The Balaban J connectivity index is 2.29. The summed E-state index contributed by atoms with van der Waals surface area (Å²) in [4.78, 5) is 7.16. The van der Waals surface area contributed by atoms with E-state index in [1.807, 2.05) is 26.0 Å². The second kappa shape index (κ2) is 4.83. The van der Waals surface area contributed by atoms with E-state index < -0.39 is 0 Å². The van der Waals surface area contributed by atoms with Crippen LogP contribution < -0.4 is 0 Å². The van der Waals surface area contributed by atoms with Crippen LogP contribution in [0.5, 0.6) is 0 Å². The number of para-hydroxylation sites is 1. The Bertz CT molecular complexity index is 835. The normalized spacial score (nSPS) is 11.4. The first kappa shape index (κ1) is 13.0. The van der Waals surface area contributed by atoms with Gasteiger partial charge in [0.1, 0.15) is 4.64 Å². The lowest BCUT2D eigenvalue weighted by Gasteiger charge is -2.09. The van der Waals surface area contributed by atoms with Crippen LogP contribution in [0.25, 0.3) is 22.4 Å². The van der Waals surface area contributed by atoms with Gasteiger partial charge in [0.25, 0.3) is 0 Å². The van der Waals surface area contributed by atoms with Gasteiger partial charge in [-0.05, 0) is 18.1 Å². The van der Waals surface area contributed by atoms with Gasteiger partial charge in [0.05, 0.1) is 12.0 Å². The van der Waals surface area contributed by atoms with E-state index in [-0.39, 0.29) is 17.3 Å². The van der Waals surface area contributed by atoms with Gasteiger partial charge >= 0.3 is 0 Å². The molecule has 3 nitrogen and oxygen atoms in total. The van der Waals surface area contributed by atoms with Crippen molar-refractivity contribution >= 4 is 23.2 Å². The fourth-order valence-corrected chi connectivity index (χ4v) is 2.69. The highest BCUT2D eigenvalue weighted by molar-refractivity contribution is 7.71. The molecule has 5 heteroatoms. The standard InChI is InChI=1S/C15H13FN2OS/c1-8(2)12-13(17-7-18-15(12)20)11-6-9-4-3-5-10(16)14(9)19-11/h3-8H,1-2H3,(H,17,18,20). The number of fused-ring (bicyclic) bond motifs is 1. The lowest BCUT2D eigenvalue weighted by Crippen LogP contribution is -1.98. The molecule has 0 saturated heterocycles. The van der Waals surface area contributed by atoms with Crippen LogP contribution in [0.15, 0.2) is 35.0 Å². The minimum atomic E-state index is -0.368. The third-order valence-corrected chi connectivity index (χ3v) is 3.54. The Kier molecular flexibility index (Phi) is 3.14. The molecule has 0 aliphatic rings. The maximum Gasteiger partial charge on any atom is 0.170 e. The molecule has 0 amide bonds. The Hall–Kier alpha value is -2.01. The molecule has 1 N–H and O–H groups in total. The van der Waals surface area contributed by atoms with Crippen molar-refractivity contribution in [1.29, 1.82) is 0 Å². The van der Waals surface area contributed by atoms with Crippen molar-refractivity contribution in [3.05, 3.63) is 46.6 Å². The van der Waals surface area contributed by atoms with Crippen LogP contribution in [0.1, 0.15) is 25.3 Å². The van der Waals surface area contributed by atoms with E-state index in [1.165, 1.54) is 12.4 Å². The quantitative estimate of drug-likeness (QED) is 0.688. The van der Waals surface area contributed by atoms with Gasteiger partial charge < -0.3 is 9.40 Å². The van der Waals surface area contributed by atoms with Crippen LogP contribution in [0.2, 0.25) is 0 Å². The zero-order valence-corrected chi connectivity index (χ0v) is 11.9. The number of aromatic nitrogens is 2. The van der Waals surface area contributed by atoms with Crippen molar-refractivity contribution in [3.63, 3.8) is 0 Å². The Morgan fingerprint density at radius 3 is 2.85 bits per heavy atom. The summed E-state index contributed by atoms with van der Waals surface area (Å²) < 4.78 is 19.9. The number of aromatic amines is 1. The number of H-pyrrole nitrogens is 1. The molecule has 0 aliphatic heterocycles. The molecule has 0 radical (unpaired) electrons. The van der Waals surface area contributed by atoms with Crippen molar-refractivity contribution in [1.82, 2.24) is 9.97 Å². The average Bonchev–Trinajstić information content (AvgIpc) is 2.83. The maximum absolute atomic E-state index is 13.7. The van der Waals surface area contributed by atoms with Gasteiger partial charge in [-0.25, -0.2) is 9.37 Å². The Morgan fingerprint density at radius 1 is 1.35 bits per heavy atom. The molecule has 0 fully saturated rings. The number of hydrogen-bond acceptors (Lipinski definition) is 3. The van der Waals surface area contributed by atoms with Gasteiger partial charge in [-0.1, -0.05) is 38.2 Å². The largest absolute Gasteiger partial charge is 0.451 e. The van der Waals surface area contributed by atoms with E-state index in [0.717, 1.165) is 16.6 Å². The summed E-state index contributed by atoms with van der Waals surface area (Å²) in [7, 11) is 0. The summed E-state index contributed by atoms with van der Waals surface area (Å²) in [6, 6.07) is 6.67. The molecule has 20 heavy (non-hydrogen) atoms. The van der Waals surface area contributed by atoms with Gasteiger partial charge in [0.2, 0.25) is 0 Å². The van der Waals surface area contributed by atoms with Crippen LogP contribution >= 0.6 is 12.2 Å². The monoisotopic (exact) mass is 288 g/mol. The minimum absolute atomic E-state index is 0.195. The smallest absolute Gasteiger partial charge is 0.170 e. The zero-order valence-electron chi connectivity index (χ0n) is 11.1. The third kappa shape index (κ3) is 2.04. The summed E-state index contributed by atoms with van der Waals surface area (Å²) in [5.41, 5.74) is 1.92. The van der Waals surface area contributed by atoms with E-state index in [0.29, 0.717) is 10.4 Å². The molecular formula is C15H13FN2OS. The molecule has 2 heterocycles. The number of nitrogens with zero attached hydrogens (tertiary/aromatic N) is 1. The number of benzene rings is 1. The molecule has 1 aromatic carbocycles. The fraction of sp³-hybridized carbons (Fsp3) is 0.200. The first-order valence-electron chi connectivity index (χ1n) is 6.34. The number of nitrogens with one attached hydrogen (secondary N) is 1. The fourth-order valence-electron chi connectivity index (χ4n) is 2.30. The average molecular weight is 288 g/mol. The number of furan rings is 1.